The first-order valence-corrected chi connectivity index (χ1v) is 7.05. The van der Waals surface area contributed by atoms with Gasteiger partial charge in [-0.25, -0.2) is 0 Å². The van der Waals surface area contributed by atoms with Crippen LogP contribution in [0.3, 0.4) is 0 Å². The minimum absolute atomic E-state index is 0.0315. The zero-order chi connectivity index (χ0) is 13.7. The summed E-state index contributed by atoms with van der Waals surface area (Å²) in [5.74, 6) is -0.0315. The van der Waals surface area contributed by atoms with E-state index < -0.39 is 0 Å². The third-order valence-electron chi connectivity index (χ3n) is 2.87. The summed E-state index contributed by atoms with van der Waals surface area (Å²) in [5.41, 5.74) is 1.91. The average molecular weight is 318 g/mol. The molecule has 2 aromatic rings. The number of hydrogen-bond donors (Lipinski definition) is 1. The molecule has 1 amide bonds. The Morgan fingerprint density at radius 2 is 1.74 bits per heavy atom. The van der Waals surface area contributed by atoms with Crippen molar-refractivity contribution < 1.29 is 4.79 Å². The number of rotatable bonds is 4. The molecule has 0 fully saturated rings. The smallest absolute Gasteiger partial charge is 0.251 e. The van der Waals surface area contributed by atoms with Crippen molar-refractivity contribution >= 4 is 21.8 Å². The Labute approximate surface area is 122 Å². The third-order valence-corrected chi connectivity index (χ3v) is 3.40. The third kappa shape index (κ3) is 4.21. The molecular formula is C16H16BrNO. The number of halogens is 1. The van der Waals surface area contributed by atoms with Crippen LogP contribution < -0.4 is 5.32 Å². The van der Waals surface area contributed by atoms with Crippen LogP contribution in [0.4, 0.5) is 0 Å². The van der Waals surface area contributed by atoms with Gasteiger partial charge in [-0.05, 0) is 43.2 Å². The lowest BCUT2D eigenvalue weighted by Crippen LogP contribution is -2.34. The van der Waals surface area contributed by atoms with E-state index in [-0.39, 0.29) is 11.9 Å². The Morgan fingerprint density at radius 3 is 2.37 bits per heavy atom. The van der Waals surface area contributed by atoms with Crippen LogP contribution >= 0.6 is 15.9 Å². The summed E-state index contributed by atoms with van der Waals surface area (Å²) in [4.78, 5) is 12.0. The molecule has 0 saturated heterocycles. The molecule has 3 heteroatoms. The number of amides is 1. The van der Waals surface area contributed by atoms with E-state index in [0.717, 1.165) is 10.9 Å². The maximum Gasteiger partial charge on any atom is 0.251 e. The van der Waals surface area contributed by atoms with Gasteiger partial charge >= 0.3 is 0 Å². The first kappa shape index (κ1) is 13.8. The maximum absolute atomic E-state index is 12.0. The topological polar surface area (TPSA) is 29.1 Å². The minimum Gasteiger partial charge on any atom is -0.349 e. The lowest BCUT2D eigenvalue weighted by Gasteiger charge is -2.14. The molecule has 0 bridgehead atoms. The van der Waals surface area contributed by atoms with Crippen molar-refractivity contribution in [2.24, 2.45) is 0 Å². The molecule has 0 saturated carbocycles. The van der Waals surface area contributed by atoms with Gasteiger partial charge in [0.15, 0.2) is 0 Å². The minimum atomic E-state index is -0.0315. The number of nitrogens with one attached hydrogen (secondary N) is 1. The first-order chi connectivity index (χ1) is 9.15. The SMILES string of the molecule is CC(Cc1ccccc1)NC(=O)c1ccc(Br)cc1. The van der Waals surface area contributed by atoms with Gasteiger partial charge < -0.3 is 5.32 Å². The zero-order valence-corrected chi connectivity index (χ0v) is 12.4. The molecule has 2 nitrogen and oxygen atoms in total. The maximum atomic E-state index is 12.0. The van der Waals surface area contributed by atoms with Crippen LogP contribution in [0.5, 0.6) is 0 Å². The fourth-order valence-corrected chi connectivity index (χ4v) is 2.19. The van der Waals surface area contributed by atoms with Gasteiger partial charge in [0.1, 0.15) is 0 Å². The summed E-state index contributed by atoms with van der Waals surface area (Å²) in [6, 6.07) is 17.6. The van der Waals surface area contributed by atoms with Gasteiger partial charge in [-0.2, -0.15) is 0 Å². The van der Waals surface area contributed by atoms with E-state index >= 15 is 0 Å². The number of hydrogen-bond acceptors (Lipinski definition) is 1. The molecular weight excluding hydrogens is 302 g/mol. The van der Waals surface area contributed by atoms with Crippen LogP contribution in [0.15, 0.2) is 59.1 Å². The van der Waals surface area contributed by atoms with Gasteiger partial charge in [0.25, 0.3) is 5.91 Å². The Morgan fingerprint density at radius 1 is 1.11 bits per heavy atom. The molecule has 0 aromatic heterocycles. The van der Waals surface area contributed by atoms with E-state index in [9.17, 15) is 4.79 Å². The highest BCUT2D eigenvalue weighted by Crippen LogP contribution is 2.11. The highest BCUT2D eigenvalue weighted by atomic mass is 79.9. The van der Waals surface area contributed by atoms with E-state index in [1.165, 1.54) is 5.56 Å². The first-order valence-electron chi connectivity index (χ1n) is 6.25. The molecule has 0 heterocycles. The average Bonchev–Trinajstić information content (AvgIpc) is 2.40. The predicted molar refractivity (Wildman–Crippen MR) is 81.2 cm³/mol. The van der Waals surface area contributed by atoms with Gasteiger partial charge in [-0.15, -0.1) is 0 Å². The summed E-state index contributed by atoms with van der Waals surface area (Å²) in [5, 5.41) is 3.01. The normalized spacial score (nSPS) is 11.9. The van der Waals surface area contributed by atoms with Gasteiger partial charge in [0.05, 0.1) is 0 Å². The lowest BCUT2D eigenvalue weighted by molar-refractivity contribution is 0.0940. The van der Waals surface area contributed by atoms with Gasteiger partial charge in [-0.1, -0.05) is 46.3 Å². The Bertz CT molecular complexity index is 536. The molecule has 98 valence electrons. The molecule has 0 aliphatic carbocycles. The Balaban J connectivity index is 1.93. The second kappa shape index (κ2) is 6.53. The van der Waals surface area contributed by atoms with Crippen LogP contribution in [0.25, 0.3) is 0 Å². The molecule has 0 aliphatic rings. The molecule has 1 atom stereocenters. The predicted octanol–water partition coefficient (Wildman–Crippen LogP) is 3.81. The summed E-state index contributed by atoms with van der Waals surface area (Å²) < 4.78 is 0.974. The number of carbonyl (C=O) groups excluding carboxylic acids is 1. The van der Waals surface area contributed by atoms with Crippen LogP contribution in [0.2, 0.25) is 0 Å². The van der Waals surface area contributed by atoms with Crippen molar-refractivity contribution in [3.8, 4) is 0 Å². The molecule has 2 aromatic carbocycles. The van der Waals surface area contributed by atoms with Crippen LogP contribution in [-0.2, 0) is 6.42 Å². The number of benzene rings is 2. The zero-order valence-electron chi connectivity index (χ0n) is 10.8. The van der Waals surface area contributed by atoms with Crippen LogP contribution in [-0.4, -0.2) is 11.9 Å². The quantitative estimate of drug-likeness (QED) is 0.912. The monoisotopic (exact) mass is 317 g/mol. The summed E-state index contributed by atoms with van der Waals surface area (Å²) in [6.45, 7) is 2.02. The highest BCUT2D eigenvalue weighted by Gasteiger charge is 2.09. The van der Waals surface area contributed by atoms with Crippen molar-refractivity contribution in [3.63, 3.8) is 0 Å². The van der Waals surface area contributed by atoms with Crippen molar-refractivity contribution in [2.45, 2.75) is 19.4 Å². The molecule has 19 heavy (non-hydrogen) atoms. The van der Waals surface area contributed by atoms with Crippen molar-refractivity contribution in [3.05, 3.63) is 70.2 Å². The van der Waals surface area contributed by atoms with Crippen LogP contribution in [0, 0.1) is 0 Å². The Hall–Kier alpha value is -1.61. The fourth-order valence-electron chi connectivity index (χ4n) is 1.93. The molecule has 0 aliphatic heterocycles. The van der Waals surface area contributed by atoms with Gasteiger partial charge in [-0.3, -0.25) is 4.79 Å². The van der Waals surface area contributed by atoms with Crippen molar-refractivity contribution in [2.75, 3.05) is 0 Å². The molecule has 0 spiro atoms. The van der Waals surface area contributed by atoms with E-state index in [2.05, 4.69) is 33.4 Å². The highest BCUT2D eigenvalue weighted by molar-refractivity contribution is 9.10. The number of carbonyl (C=O) groups is 1. The summed E-state index contributed by atoms with van der Waals surface area (Å²) in [7, 11) is 0. The standard InChI is InChI=1S/C16H16BrNO/c1-12(11-13-5-3-2-4-6-13)18-16(19)14-7-9-15(17)10-8-14/h2-10,12H,11H2,1H3,(H,18,19). The van der Waals surface area contributed by atoms with Crippen molar-refractivity contribution in [1.82, 2.24) is 5.32 Å². The second-order valence-electron chi connectivity index (χ2n) is 4.57. The van der Waals surface area contributed by atoms with Crippen molar-refractivity contribution in [1.29, 1.82) is 0 Å². The van der Waals surface area contributed by atoms with Crippen LogP contribution in [0.1, 0.15) is 22.8 Å². The van der Waals surface area contributed by atoms with Gasteiger partial charge in [0.2, 0.25) is 0 Å². The van der Waals surface area contributed by atoms with Gasteiger partial charge in [0, 0.05) is 16.1 Å². The summed E-state index contributed by atoms with van der Waals surface area (Å²) >= 11 is 3.36. The Kier molecular flexibility index (Phi) is 4.74. The van der Waals surface area contributed by atoms with E-state index in [1.807, 2.05) is 49.4 Å². The lowest BCUT2D eigenvalue weighted by atomic mass is 10.1. The second-order valence-corrected chi connectivity index (χ2v) is 5.49. The largest absolute Gasteiger partial charge is 0.349 e. The van der Waals surface area contributed by atoms with E-state index in [1.54, 1.807) is 0 Å². The fraction of sp³-hybridized carbons (Fsp3) is 0.188. The molecule has 0 radical (unpaired) electrons. The van der Waals surface area contributed by atoms with E-state index in [0.29, 0.717) is 5.56 Å². The van der Waals surface area contributed by atoms with E-state index in [4.69, 9.17) is 0 Å². The molecule has 2 rings (SSSR count). The molecule has 1 N–H and O–H groups in total. The summed E-state index contributed by atoms with van der Waals surface area (Å²) in [6.07, 6.45) is 0.836. The molecule has 1 unspecified atom stereocenters.